The molecule has 2 rings (SSSR count). The van der Waals surface area contributed by atoms with Crippen molar-refractivity contribution in [1.82, 2.24) is 9.78 Å². The number of rotatable bonds is 3. The molecule has 18 heavy (non-hydrogen) atoms. The van der Waals surface area contributed by atoms with Crippen LogP contribution in [0.15, 0.2) is 23.0 Å². The van der Waals surface area contributed by atoms with E-state index in [4.69, 9.17) is 16.7 Å². The molecule has 0 aliphatic carbocycles. The van der Waals surface area contributed by atoms with Crippen molar-refractivity contribution in [1.29, 1.82) is 0 Å². The maximum absolute atomic E-state index is 12.1. The van der Waals surface area contributed by atoms with E-state index in [0.29, 0.717) is 22.5 Å². The van der Waals surface area contributed by atoms with E-state index in [1.54, 1.807) is 22.9 Å². The second kappa shape index (κ2) is 4.78. The van der Waals surface area contributed by atoms with Gasteiger partial charge in [0, 0.05) is 17.0 Å². The summed E-state index contributed by atoms with van der Waals surface area (Å²) in [4.78, 5) is 22.8. The maximum atomic E-state index is 12.1. The second-order valence-corrected chi connectivity index (χ2v) is 4.26. The van der Waals surface area contributed by atoms with Crippen LogP contribution in [0.4, 0.5) is 0 Å². The first-order valence-corrected chi connectivity index (χ1v) is 5.81. The molecule has 2 aromatic rings. The summed E-state index contributed by atoms with van der Waals surface area (Å²) in [6, 6.07) is 4.86. The monoisotopic (exact) mass is 266 g/mol. The van der Waals surface area contributed by atoms with Crippen LogP contribution in [-0.4, -0.2) is 20.9 Å². The molecule has 0 aliphatic rings. The van der Waals surface area contributed by atoms with Crippen LogP contribution in [-0.2, 0) is 17.8 Å². The van der Waals surface area contributed by atoms with Gasteiger partial charge < -0.3 is 5.11 Å². The zero-order chi connectivity index (χ0) is 13.3. The number of hydrogen-bond donors (Lipinski definition) is 1. The van der Waals surface area contributed by atoms with E-state index < -0.39 is 5.97 Å². The second-order valence-electron chi connectivity index (χ2n) is 3.82. The Morgan fingerprint density at radius 1 is 1.50 bits per heavy atom. The van der Waals surface area contributed by atoms with Crippen LogP contribution in [0.5, 0.6) is 0 Å². The van der Waals surface area contributed by atoms with Crippen molar-refractivity contribution < 1.29 is 9.90 Å². The molecule has 0 fully saturated rings. The Bertz CT molecular complexity index is 679. The van der Waals surface area contributed by atoms with Crippen LogP contribution < -0.4 is 5.43 Å². The van der Waals surface area contributed by atoms with Crippen molar-refractivity contribution in [2.45, 2.75) is 19.9 Å². The van der Waals surface area contributed by atoms with Crippen LogP contribution in [0, 0.1) is 0 Å². The van der Waals surface area contributed by atoms with Crippen LogP contribution in [0.3, 0.4) is 0 Å². The highest BCUT2D eigenvalue weighted by Gasteiger charge is 2.13. The highest BCUT2D eigenvalue weighted by atomic mass is 35.5. The van der Waals surface area contributed by atoms with Crippen molar-refractivity contribution in [3.8, 4) is 0 Å². The molecule has 1 heterocycles. The number of carboxylic acids is 1. The van der Waals surface area contributed by atoms with Gasteiger partial charge in [-0.25, -0.2) is 0 Å². The minimum Gasteiger partial charge on any atom is -0.481 e. The predicted molar refractivity (Wildman–Crippen MR) is 68.0 cm³/mol. The molecule has 94 valence electrons. The first-order chi connectivity index (χ1) is 8.52. The van der Waals surface area contributed by atoms with Crippen molar-refractivity contribution in [2.75, 3.05) is 0 Å². The zero-order valence-electron chi connectivity index (χ0n) is 9.68. The van der Waals surface area contributed by atoms with E-state index in [-0.39, 0.29) is 17.5 Å². The van der Waals surface area contributed by atoms with Gasteiger partial charge in [-0.2, -0.15) is 5.10 Å². The number of aromatic nitrogens is 2. The average Bonchev–Trinajstić information content (AvgIpc) is 2.32. The van der Waals surface area contributed by atoms with E-state index in [1.165, 1.54) is 0 Å². The molecule has 0 saturated heterocycles. The zero-order valence-corrected chi connectivity index (χ0v) is 10.4. The highest BCUT2D eigenvalue weighted by Crippen LogP contribution is 2.16. The molecule has 1 aromatic carbocycles. The summed E-state index contributed by atoms with van der Waals surface area (Å²) < 4.78 is 1.58. The molecule has 0 unspecified atom stereocenters. The van der Waals surface area contributed by atoms with Gasteiger partial charge in [0.25, 0.3) is 0 Å². The van der Waals surface area contributed by atoms with Crippen molar-refractivity contribution in [3.05, 3.63) is 39.1 Å². The molecule has 0 radical (unpaired) electrons. The quantitative estimate of drug-likeness (QED) is 0.918. The lowest BCUT2D eigenvalue weighted by molar-refractivity contribution is -0.136. The van der Waals surface area contributed by atoms with Gasteiger partial charge >= 0.3 is 5.97 Å². The molecular formula is C12H11ClN2O3. The fourth-order valence-corrected chi connectivity index (χ4v) is 1.98. The number of benzene rings is 1. The van der Waals surface area contributed by atoms with E-state index in [0.717, 1.165) is 0 Å². The van der Waals surface area contributed by atoms with Crippen LogP contribution in [0.25, 0.3) is 10.9 Å². The molecule has 0 aliphatic heterocycles. The van der Waals surface area contributed by atoms with E-state index in [1.807, 2.05) is 6.92 Å². The summed E-state index contributed by atoms with van der Waals surface area (Å²) in [5, 5.41) is 13.8. The molecule has 5 nitrogen and oxygen atoms in total. The van der Waals surface area contributed by atoms with Gasteiger partial charge in [-0.1, -0.05) is 11.6 Å². The molecule has 6 heteroatoms. The molecule has 0 spiro atoms. The van der Waals surface area contributed by atoms with Crippen LogP contribution >= 0.6 is 11.6 Å². The average molecular weight is 267 g/mol. The van der Waals surface area contributed by atoms with Gasteiger partial charge in [-0.3, -0.25) is 14.3 Å². The van der Waals surface area contributed by atoms with Crippen molar-refractivity contribution in [3.63, 3.8) is 0 Å². The Hall–Kier alpha value is -1.88. The first kappa shape index (κ1) is 12.6. The summed E-state index contributed by atoms with van der Waals surface area (Å²) in [7, 11) is 0. The normalized spacial score (nSPS) is 10.8. The van der Waals surface area contributed by atoms with Gasteiger partial charge in [-0.15, -0.1) is 0 Å². The molecular weight excluding hydrogens is 256 g/mol. The fraction of sp³-hybridized carbons (Fsp3) is 0.250. The molecule has 1 aromatic heterocycles. The Balaban J connectivity index is 2.78. The summed E-state index contributed by atoms with van der Waals surface area (Å²) in [6.45, 7) is 2.39. The predicted octanol–water partition coefficient (Wildman–Crippen LogP) is 1.70. The van der Waals surface area contributed by atoms with Gasteiger partial charge in [0.2, 0.25) is 5.43 Å². The third-order valence-electron chi connectivity index (χ3n) is 2.60. The summed E-state index contributed by atoms with van der Waals surface area (Å²) in [6.07, 6.45) is -0.378. The van der Waals surface area contributed by atoms with Crippen LogP contribution in [0.2, 0.25) is 5.02 Å². The van der Waals surface area contributed by atoms with Gasteiger partial charge in [-0.05, 0) is 25.1 Å². The Morgan fingerprint density at radius 3 is 2.83 bits per heavy atom. The molecule has 0 atom stereocenters. The topological polar surface area (TPSA) is 72.2 Å². The third kappa shape index (κ3) is 2.22. The summed E-state index contributed by atoms with van der Waals surface area (Å²) in [5.41, 5.74) is 0.303. The number of carbonyl (C=O) groups is 1. The molecule has 0 amide bonds. The Labute approximate surface area is 108 Å². The first-order valence-electron chi connectivity index (χ1n) is 5.44. The number of hydrogen-bond acceptors (Lipinski definition) is 3. The van der Waals surface area contributed by atoms with Gasteiger partial charge in [0.15, 0.2) is 0 Å². The van der Waals surface area contributed by atoms with Crippen molar-refractivity contribution >= 4 is 28.5 Å². The van der Waals surface area contributed by atoms with E-state index in [9.17, 15) is 9.59 Å². The lowest BCUT2D eigenvalue weighted by Crippen LogP contribution is -2.21. The number of aliphatic carboxylic acids is 1. The maximum Gasteiger partial charge on any atom is 0.309 e. The number of carboxylic acid groups (broad SMARTS) is 1. The largest absolute Gasteiger partial charge is 0.481 e. The number of fused-ring (bicyclic) bond motifs is 1. The minimum atomic E-state index is -1.07. The minimum absolute atomic E-state index is 0.0409. The number of aryl methyl sites for hydroxylation is 1. The SMILES string of the molecule is CCn1nc(CC(=O)O)c(=O)c2ccc(Cl)cc21. The van der Waals surface area contributed by atoms with Crippen molar-refractivity contribution in [2.24, 2.45) is 0 Å². The fourth-order valence-electron chi connectivity index (χ4n) is 1.81. The Kier molecular flexibility index (Phi) is 3.34. The summed E-state index contributed by atoms with van der Waals surface area (Å²) >= 11 is 5.89. The molecule has 0 bridgehead atoms. The van der Waals surface area contributed by atoms with E-state index in [2.05, 4.69) is 5.10 Å². The Morgan fingerprint density at radius 2 is 2.22 bits per heavy atom. The highest BCUT2D eigenvalue weighted by molar-refractivity contribution is 6.31. The third-order valence-corrected chi connectivity index (χ3v) is 2.84. The lowest BCUT2D eigenvalue weighted by atomic mass is 10.1. The molecule has 0 saturated carbocycles. The number of halogens is 1. The van der Waals surface area contributed by atoms with Gasteiger partial charge in [0.05, 0.1) is 11.9 Å². The molecule has 1 N–H and O–H groups in total. The standard InChI is InChI=1S/C12H11ClN2O3/c1-2-15-10-5-7(13)3-4-8(10)12(18)9(14-15)6-11(16)17/h3-5H,2,6H2,1H3,(H,16,17). The van der Waals surface area contributed by atoms with E-state index >= 15 is 0 Å². The number of nitrogens with zero attached hydrogens (tertiary/aromatic N) is 2. The smallest absolute Gasteiger partial charge is 0.309 e. The lowest BCUT2D eigenvalue weighted by Gasteiger charge is -2.09. The summed E-state index contributed by atoms with van der Waals surface area (Å²) in [5.74, 6) is -1.07. The van der Waals surface area contributed by atoms with Gasteiger partial charge in [0.1, 0.15) is 5.69 Å². The van der Waals surface area contributed by atoms with Crippen LogP contribution in [0.1, 0.15) is 12.6 Å².